The molecule has 0 saturated carbocycles. The third kappa shape index (κ3) is 3.82. The van der Waals surface area contributed by atoms with Crippen molar-refractivity contribution >= 4 is 11.7 Å². The Morgan fingerprint density at radius 3 is 2.85 bits per heavy atom. The van der Waals surface area contributed by atoms with Gasteiger partial charge in [-0.3, -0.25) is 9.78 Å². The van der Waals surface area contributed by atoms with Crippen molar-refractivity contribution in [2.24, 2.45) is 11.7 Å². The third-order valence-electron chi connectivity index (χ3n) is 3.24. The predicted octanol–water partition coefficient (Wildman–Crippen LogP) is 1.74. The van der Waals surface area contributed by atoms with Crippen LogP contribution in [-0.2, 0) is 0 Å². The lowest BCUT2D eigenvalue weighted by molar-refractivity contribution is -0.144. The van der Waals surface area contributed by atoms with Gasteiger partial charge in [0.1, 0.15) is 11.5 Å². The molecule has 1 aromatic rings. The molecule has 0 spiro atoms. The summed E-state index contributed by atoms with van der Waals surface area (Å²) in [6.07, 6.45) is -1.09. The summed E-state index contributed by atoms with van der Waals surface area (Å²) in [7, 11) is 0. The van der Waals surface area contributed by atoms with Gasteiger partial charge in [-0.05, 0) is 18.8 Å². The molecule has 0 radical (unpaired) electrons. The van der Waals surface area contributed by atoms with Gasteiger partial charge in [-0.25, -0.2) is 4.98 Å². The molecule has 0 aliphatic carbocycles. The van der Waals surface area contributed by atoms with E-state index in [1.54, 1.807) is 4.90 Å². The zero-order valence-corrected chi connectivity index (χ0v) is 10.7. The third-order valence-corrected chi connectivity index (χ3v) is 3.24. The fraction of sp³-hybridized carbons (Fsp3) is 0.583. The van der Waals surface area contributed by atoms with Crippen LogP contribution in [0.1, 0.15) is 29.8 Å². The van der Waals surface area contributed by atoms with Gasteiger partial charge in [0.15, 0.2) is 0 Å². The molecule has 1 aliphatic rings. The van der Waals surface area contributed by atoms with Crippen LogP contribution in [0.3, 0.4) is 0 Å². The molecule has 1 saturated heterocycles. The van der Waals surface area contributed by atoms with Crippen molar-refractivity contribution in [2.75, 3.05) is 18.0 Å². The lowest BCUT2D eigenvalue weighted by Gasteiger charge is -2.33. The molecule has 1 aromatic heterocycles. The maximum atomic E-state index is 12.4. The molecule has 1 atom stereocenters. The zero-order valence-electron chi connectivity index (χ0n) is 10.7. The minimum atomic E-state index is -4.16. The van der Waals surface area contributed by atoms with Gasteiger partial charge < -0.3 is 10.6 Å². The normalized spacial score (nSPS) is 19.9. The summed E-state index contributed by atoms with van der Waals surface area (Å²) >= 11 is 0. The second kappa shape index (κ2) is 5.64. The van der Waals surface area contributed by atoms with E-state index in [4.69, 9.17) is 5.73 Å². The molecular formula is C12H15F3N4O. The van der Waals surface area contributed by atoms with Crippen molar-refractivity contribution in [3.05, 3.63) is 18.1 Å². The highest BCUT2D eigenvalue weighted by atomic mass is 19.4. The van der Waals surface area contributed by atoms with Gasteiger partial charge in [0, 0.05) is 19.5 Å². The molecule has 0 aromatic carbocycles. The van der Waals surface area contributed by atoms with Gasteiger partial charge in [-0.15, -0.1) is 0 Å². The Kier molecular flexibility index (Phi) is 4.10. The van der Waals surface area contributed by atoms with Crippen molar-refractivity contribution in [3.8, 4) is 0 Å². The van der Waals surface area contributed by atoms with Crippen molar-refractivity contribution in [2.45, 2.75) is 25.4 Å². The summed E-state index contributed by atoms with van der Waals surface area (Å²) in [5.74, 6) is -0.765. The molecular weight excluding hydrogens is 273 g/mol. The molecule has 20 heavy (non-hydrogen) atoms. The average Bonchev–Trinajstić information content (AvgIpc) is 2.37. The molecule has 1 aliphatic heterocycles. The van der Waals surface area contributed by atoms with E-state index in [1.165, 1.54) is 12.4 Å². The first-order valence-corrected chi connectivity index (χ1v) is 6.29. The summed E-state index contributed by atoms with van der Waals surface area (Å²) < 4.78 is 37.3. The summed E-state index contributed by atoms with van der Waals surface area (Å²) in [4.78, 5) is 20.6. The van der Waals surface area contributed by atoms with E-state index in [0.29, 0.717) is 25.2 Å². The minimum Gasteiger partial charge on any atom is -0.364 e. The number of primary amides is 1. The Morgan fingerprint density at radius 2 is 2.20 bits per heavy atom. The number of aromatic nitrogens is 2. The molecule has 0 bridgehead atoms. The fourth-order valence-corrected chi connectivity index (χ4v) is 2.39. The molecule has 0 unspecified atom stereocenters. The quantitative estimate of drug-likeness (QED) is 0.919. The van der Waals surface area contributed by atoms with E-state index in [2.05, 4.69) is 9.97 Å². The summed E-state index contributed by atoms with van der Waals surface area (Å²) in [6.45, 7) is 0.863. The maximum absolute atomic E-state index is 12.4. The monoisotopic (exact) mass is 288 g/mol. The zero-order chi connectivity index (χ0) is 14.8. The lowest BCUT2D eigenvalue weighted by atomic mass is 9.94. The Balaban J connectivity index is 2.09. The van der Waals surface area contributed by atoms with Gasteiger partial charge >= 0.3 is 6.18 Å². The number of piperidine rings is 1. The lowest BCUT2D eigenvalue weighted by Crippen LogP contribution is -2.38. The highest BCUT2D eigenvalue weighted by molar-refractivity contribution is 5.90. The first kappa shape index (κ1) is 14.5. The van der Waals surface area contributed by atoms with Gasteiger partial charge in [-0.2, -0.15) is 13.2 Å². The van der Waals surface area contributed by atoms with Gasteiger partial charge in [0.2, 0.25) is 0 Å². The van der Waals surface area contributed by atoms with Crippen LogP contribution >= 0.6 is 0 Å². The van der Waals surface area contributed by atoms with E-state index >= 15 is 0 Å². The summed E-state index contributed by atoms with van der Waals surface area (Å²) in [6, 6.07) is 0. The van der Waals surface area contributed by atoms with Crippen LogP contribution in [0.25, 0.3) is 0 Å². The molecule has 110 valence electrons. The standard InChI is InChI=1S/C12H15F3N4O/c13-12(14,15)4-8-2-1-3-19(7-8)10-6-17-5-9(18-10)11(16)20/h5-6,8H,1-4,7H2,(H2,16,20)/t8-/m1/s1. The molecule has 8 heteroatoms. The van der Waals surface area contributed by atoms with Crippen molar-refractivity contribution in [1.82, 2.24) is 9.97 Å². The van der Waals surface area contributed by atoms with Crippen LogP contribution in [0.2, 0.25) is 0 Å². The second-order valence-electron chi connectivity index (χ2n) is 4.90. The van der Waals surface area contributed by atoms with Crippen LogP contribution in [-0.4, -0.2) is 35.1 Å². The number of nitrogens with two attached hydrogens (primary N) is 1. The van der Waals surface area contributed by atoms with Gasteiger partial charge in [-0.1, -0.05) is 0 Å². The highest BCUT2D eigenvalue weighted by Gasteiger charge is 2.34. The topological polar surface area (TPSA) is 72.1 Å². The SMILES string of the molecule is NC(=O)c1cncc(N2CCC[C@H](CC(F)(F)F)C2)n1. The Hall–Kier alpha value is -1.86. The molecule has 2 rings (SSSR count). The average molecular weight is 288 g/mol. The molecule has 2 heterocycles. The number of rotatable bonds is 3. The highest BCUT2D eigenvalue weighted by Crippen LogP contribution is 2.31. The van der Waals surface area contributed by atoms with Crippen molar-refractivity contribution in [3.63, 3.8) is 0 Å². The molecule has 2 N–H and O–H groups in total. The van der Waals surface area contributed by atoms with Crippen molar-refractivity contribution < 1.29 is 18.0 Å². The van der Waals surface area contributed by atoms with E-state index in [-0.39, 0.29) is 12.2 Å². The number of hydrogen-bond acceptors (Lipinski definition) is 4. The van der Waals surface area contributed by atoms with E-state index in [9.17, 15) is 18.0 Å². The maximum Gasteiger partial charge on any atom is 0.389 e. The number of carbonyl (C=O) groups excluding carboxylic acids is 1. The number of anilines is 1. The van der Waals surface area contributed by atoms with Crippen LogP contribution in [0.5, 0.6) is 0 Å². The summed E-state index contributed by atoms with van der Waals surface area (Å²) in [5, 5.41) is 0. The second-order valence-corrected chi connectivity index (χ2v) is 4.90. The van der Waals surface area contributed by atoms with Crippen LogP contribution < -0.4 is 10.6 Å². The minimum absolute atomic E-state index is 0.0143. The number of amides is 1. The van der Waals surface area contributed by atoms with Crippen LogP contribution in [0.4, 0.5) is 19.0 Å². The number of carbonyl (C=O) groups is 1. The van der Waals surface area contributed by atoms with Gasteiger partial charge in [0.25, 0.3) is 5.91 Å². The Bertz CT molecular complexity index is 492. The predicted molar refractivity (Wildman–Crippen MR) is 66.2 cm³/mol. The van der Waals surface area contributed by atoms with E-state index in [0.717, 1.165) is 0 Å². The first-order chi connectivity index (χ1) is 9.35. The Morgan fingerprint density at radius 1 is 1.45 bits per heavy atom. The number of alkyl halides is 3. The first-order valence-electron chi connectivity index (χ1n) is 6.29. The number of halogens is 3. The van der Waals surface area contributed by atoms with E-state index in [1.807, 2.05) is 0 Å². The molecule has 1 amide bonds. The van der Waals surface area contributed by atoms with Crippen molar-refractivity contribution in [1.29, 1.82) is 0 Å². The Labute approximate surface area is 114 Å². The largest absolute Gasteiger partial charge is 0.389 e. The van der Waals surface area contributed by atoms with Crippen LogP contribution in [0, 0.1) is 5.92 Å². The smallest absolute Gasteiger partial charge is 0.364 e. The van der Waals surface area contributed by atoms with Crippen LogP contribution in [0.15, 0.2) is 12.4 Å². The molecule has 1 fully saturated rings. The summed E-state index contributed by atoms with van der Waals surface area (Å²) in [5.41, 5.74) is 5.13. The number of hydrogen-bond donors (Lipinski definition) is 1. The molecule has 5 nitrogen and oxygen atoms in total. The fourth-order valence-electron chi connectivity index (χ4n) is 2.39. The van der Waals surface area contributed by atoms with E-state index < -0.39 is 24.4 Å². The van der Waals surface area contributed by atoms with Gasteiger partial charge in [0.05, 0.1) is 12.4 Å². The number of nitrogens with zero attached hydrogens (tertiary/aromatic N) is 3.